The fourth-order valence-electron chi connectivity index (χ4n) is 4.65. The van der Waals surface area contributed by atoms with Crippen molar-refractivity contribution in [2.75, 3.05) is 26.2 Å². The number of aromatic nitrogens is 1. The SMILES string of the molecule is CCc1nc(CN2C[C@H]3CN(C(=O)c4ccco4)C[C@@]3(CCC(=O)O)C2)cs1. The predicted molar refractivity (Wildman–Crippen MR) is 104 cm³/mol. The van der Waals surface area contributed by atoms with E-state index < -0.39 is 5.97 Å². The molecule has 28 heavy (non-hydrogen) atoms. The lowest BCUT2D eigenvalue weighted by Crippen LogP contribution is -2.37. The molecule has 1 amide bonds. The molecule has 2 aromatic rings. The zero-order chi connectivity index (χ0) is 19.7. The quantitative estimate of drug-likeness (QED) is 0.765. The Balaban J connectivity index is 1.48. The van der Waals surface area contributed by atoms with E-state index in [9.17, 15) is 14.7 Å². The van der Waals surface area contributed by atoms with Gasteiger partial charge in [0.2, 0.25) is 0 Å². The molecule has 0 aromatic carbocycles. The molecule has 4 rings (SSSR count). The molecule has 2 aliphatic rings. The number of carbonyl (C=O) groups is 2. The van der Waals surface area contributed by atoms with Crippen LogP contribution < -0.4 is 0 Å². The molecule has 8 heteroatoms. The van der Waals surface area contributed by atoms with E-state index in [1.54, 1.807) is 23.5 Å². The normalized spacial score (nSPS) is 24.6. The number of likely N-dealkylation sites (tertiary alicyclic amines) is 2. The van der Waals surface area contributed by atoms with E-state index in [0.29, 0.717) is 25.3 Å². The average Bonchev–Trinajstić information content (AvgIpc) is 3.43. The van der Waals surface area contributed by atoms with Crippen LogP contribution in [0.15, 0.2) is 28.2 Å². The molecule has 1 N–H and O–H groups in total. The van der Waals surface area contributed by atoms with Gasteiger partial charge in [-0.1, -0.05) is 6.92 Å². The second kappa shape index (κ2) is 7.67. The van der Waals surface area contributed by atoms with E-state index in [0.717, 1.165) is 36.8 Å². The van der Waals surface area contributed by atoms with Gasteiger partial charge in [0.05, 0.1) is 17.0 Å². The van der Waals surface area contributed by atoms with Gasteiger partial charge >= 0.3 is 5.97 Å². The van der Waals surface area contributed by atoms with E-state index in [1.807, 2.05) is 4.90 Å². The molecule has 4 heterocycles. The zero-order valence-electron chi connectivity index (χ0n) is 16.0. The summed E-state index contributed by atoms with van der Waals surface area (Å²) in [5.74, 6) is -0.267. The van der Waals surface area contributed by atoms with E-state index in [-0.39, 0.29) is 23.7 Å². The van der Waals surface area contributed by atoms with Gasteiger partial charge in [-0.3, -0.25) is 14.5 Å². The summed E-state index contributed by atoms with van der Waals surface area (Å²) in [6, 6.07) is 3.39. The molecule has 2 fully saturated rings. The summed E-state index contributed by atoms with van der Waals surface area (Å²) in [5, 5.41) is 12.5. The number of hydrogen-bond donors (Lipinski definition) is 1. The average molecular weight is 404 g/mol. The Kier molecular flexibility index (Phi) is 5.25. The maximum absolute atomic E-state index is 12.7. The van der Waals surface area contributed by atoms with Gasteiger partial charge in [0.25, 0.3) is 5.91 Å². The van der Waals surface area contributed by atoms with Crippen LogP contribution in [0.3, 0.4) is 0 Å². The monoisotopic (exact) mass is 403 g/mol. The predicted octanol–water partition coefficient (Wildman–Crippen LogP) is 2.74. The second-order valence-corrected chi connectivity index (χ2v) is 8.81. The molecule has 2 aromatic heterocycles. The summed E-state index contributed by atoms with van der Waals surface area (Å²) in [4.78, 5) is 32.8. The highest BCUT2D eigenvalue weighted by molar-refractivity contribution is 7.09. The minimum atomic E-state index is -0.783. The van der Waals surface area contributed by atoms with Crippen molar-refractivity contribution in [2.24, 2.45) is 11.3 Å². The number of rotatable bonds is 7. The summed E-state index contributed by atoms with van der Waals surface area (Å²) in [6.45, 7) is 5.78. The molecule has 0 spiro atoms. The van der Waals surface area contributed by atoms with E-state index >= 15 is 0 Å². The van der Waals surface area contributed by atoms with Gasteiger partial charge in [0.15, 0.2) is 5.76 Å². The van der Waals surface area contributed by atoms with Crippen molar-refractivity contribution >= 4 is 23.2 Å². The van der Waals surface area contributed by atoms with E-state index in [2.05, 4.69) is 22.2 Å². The Labute approximate surface area is 168 Å². The van der Waals surface area contributed by atoms with Gasteiger partial charge in [-0.15, -0.1) is 11.3 Å². The van der Waals surface area contributed by atoms with Crippen LogP contribution in [0.25, 0.3) is 0 Å². The number of aryl methyl sites for hydroxylation is 1. The van der Waals surface area contributed by atoms with Crippen LogP contribution in [-0.2, 0) is 17.8 Å². The molecule has 7 nitrogen and oxygen atoms in total. The Hall–Kier alpha value is -2.19. The lowest BCUT2D eigenvalue weighted by Gasteiger charge is -2.28. The molecular weight excluding hydrogens is 378 g/mol. The van der Waals surface area contributed by atoms with Gasteiger partial charge in [-0.2, -0.15) is 0 Å². The van der Waals surface area contributed by atoms with Crippen molar-refractivity contribution in [3.63, 3.8) is 0 Å². The maximum atomic E-state index is 12.7. The molecule has 2 aliphatic heterocycles. The van der Waals surface area contributed by atoms with Crippen LogP contribution in [0.1, 0.15) is 41.0 Å². The van der Waals surface area contributed by atoms with Gasteiger partial charge in [0.1, 0.15) is 0 Å². The molecular formula is C20H25N3O4S. The van der Waals surface area contributed by atoms with Crippen LogP contribution >= 0.6 is 11.3 Å². The van der Waals surface area contributed by atoms with Gasteiger partial charge < -0.3 is 14.4 Å². The van der Waals surface area contributed by atoms with Crippen molar-refractivity contribution in [1.82, 2.24) is 14.8 Å². The molecule has 2 saturated heterocycles. The highest BCUT2D eigenvalue weighted by Gasteiger charge is 2.53. The van der Waals surface area contributed by atoms with Crippen LogP contribution in [0.5, 0.6) is 0 Å². The lowest BCUT2D eigenvalue weighted by atomic mass is 9.77. The topological polar surface area (TPSA) is 86.9 Å². The summed E-state index contributed by atoms with van der Waals surface area (Å²) >= 11 is 1.69. The Bertz CT molecular complexity index is 850. The highest BCUT2D eigenvalue weighted by atomic mass is 32.1. The summed E-state index contributed by atoms with van der Waals surface area (Å²) in [7, 11) is 0. The van der Waals surface area contributed by atoms with Crippen molar-refractivity contribution in [2.45, 2.75) is 32.7 Å². The summed E-state index contributed by atoms with van der Waals surface area (Å²) < 4.78 is 5.27. The van der Waals surface area contributed by atoms with Gasteiger partial charge in [-0.25, -0.2) is 4.98 Å². The van der Waals surface area contributed by atoms with Crippen molar-refractivity contribution in [1.29, 1.82) is 0 Å². The number of aliphatic carboxylic acids is 1. The van der Waals surface area contributed by atoms with E-state index in [4.69, 9.17) is 4.42 Å². The number of hydrogen-bond acceptors (Lipinski definition) is 6. The number of nitrogens with zero attached hydrogens (tertiary/aromatic N) is 3. The van der Waals surface area contributed by atoms with Crippen molar-refractivity contribution < 1.29 is 19.1 Å². The summed E-state index contributed by atoms with van der Waals surface area (Å²) in [5.41, 5.74) is 0.906. The molecule has 0 bridgehead atoms. The fraction of sp³-hybridized carbons (Fsp3) is 0.550. The third-order valence-corrected chi connectivity index (χ3v) is 7.01. The first-order chi connectivity index (χ1) is 13.5. The number of carboxylic acid groups (broad SMARTS) is 1. The molecule has 0 radical (unpaired) electrons. The molecule has 0 unspecified atom stereocenters. The van der Waals surface area contributed by atoms with Gasteiger partial charge in [-0.05, 0) is 30.9 Å². The fourth-order valence-corrected chi connectivity index (χ4v) is 5.38. The molecule has 150 valence electrons. The van der Waals surface area contributed by atoms with Crippen molar-refractivity contribution in [3.8, 4) is 0 Å². The van der Waals surface area contributed by atoms with Crippen LogP contribution in [-0.4, -0.2) is 57.9 Å². The largest absolute Gasteiger partial charge is 0.481 e. The highest BCUT2D eigenvalue weighted by Crippen LogP contribution is 2.46. The van der Waals surface area contributed by atoms with Gasteiger partial charge in [0, 0.05) is 49.9 Å². The second-order valence-electron chi connectivity index (χ2n) is 7.87. The first-order valence-electron chi connectivity index (χ1n) is 9.69. The summed E-state index contributed by atoms with van der Waals surface area (Å²) in [6.07, 6.45) is 3.16. The Morgan fingerprint density at radius 1 is 1.39 bits per heavy atom. The number of fused-ring (bicyclic) bond motifs is 1. The van der Waals surface area contributed by atoms with Crippen molar-refractivity contribution in [3.05, 3.63) is 40.2 Å². The minimum Gasteiger partial charge on any atom is -0.481 e. The lowest BCUT2D eigenvalue weighted by molar-refractivity contribution is -0.137. The Morgan fingerprint density at radius 3 is 2.93 bits per heavy atom. The smallest absolute Gasteiger partial charge is 0.303 e. The number of carbonyl (C=O) groups excluding carboxylic acids is 1. The number of carboxylic acids is 1. The first kappa shape index (κ1) is 19.1. The van der Waals surface area contributed by atoms with Crippen LogP contribution in [0.2, 0.25) is 0 Å². The third kappa shape index (κ3) is 3.71. The zero-order valence-corrected chi connectivity index (χ0v) is 16.8. The minimum absolute atomic E-state index is 0.104. The molecule has 2 atom stereocenters. The van der Waals surface area contributed by atoms with Crippen LogP contribution in [0.4, 0.5) is 0 Å². The standard InChI is InChI=1S/C20H25N3O4S/c1-2-17-21-15(11-28-17)10-22-8-14-9-23(19(26)16-4-3-7-27-16)13-20(14,12-22)6-5-18(24)25/h3-4,7,11,14H,2,5-6,8-10,12-13H2,1H3,(H,24,25)/t14-,20+/m0/s1. The molecule has 0 aliphatic carbocycles. The van der Waals surface area contributed by atoms with E-state index in [1.165, 1.54) is 6.26 Å². The Morgan fingerprint density at radius 2 is 2.25 bits per heavy atom. The first-order valence-corrected chi connectivity index (χ1v) is 10.6. The number of thiazole rings is 1. The maximum Gasteiger partial charge on any atom is 0.303 e. The third-order valence-electron chi connectivity index (χ3n) is 5.97. The number of amides is 1. The number of furan rings is 1. The van der Waals surface area contributed by atoms with Crippen LogP contribution in [0, 0.1) is 11.3 Å². The molecule has 0 saturated carbocycles.